The summed E-state index contributed by atoms with van der Waals surface area (Å²) in [6.07, 6.45) is 1.76. The summed E-state index contributed by atoms with van der Waals surface area (Å²) in [7, 11) is 0. The maximum absolute atomic E-state index is 13.8. The van der Waals surface area contributed by atoms with Gasteiger partial charge in [-0.15, -0.1) is 0 Å². The van der Waals surface area contributed by atoms with Gasteiger partial charge in [-0.25, -0.2) is 9.18 Å². The van der Waals surface area contributed by atoms with Gasteiger partial charge in [-0.2, -0.15) is 0 Å². The molecule has 2 fully saturated rings. The van der Waals surface area contributed by atoms with Crippen molar-refractivity contribution in [3.63, 3.8) is 0 Å². The molecule has 0 radical (unpaired) electrons. The fourth-order valence-electron chi connectivity index (χ4n) is 6.35. The summed E-state index contributed by atoms with van der Waals surface area (Å²) in [5.41, 5.74) is 1.92. The van der Waals surface area contributed by atoms with Crippen LogP contribution in [-0.4, -0.2) is 79.1 Å². The van der Waals surface area contributed by atoms with Gasteiger partial charge in [0.1, 0.15) is 5.82 Å². The predicted molar refractivity (Wildman–Crippen MR) is 156 cm³/mol. The van der Waals surface area contributed by atoms with Gasteiger partial charge >= 0.3 is 6.09 Å². The average Bonchev–Trinajstić information content (AvgIpc) is 3.39. The van der Waals surface area contributed by atoms with Crippen molar-refractivity contribution in [3.05, 3.63) is 83.7 Å². The van der Waals surface area contributed by atoms with Crippen LogP contribution in [0.2, 0.25) is 0 Å². The van der Waals surface area contributed by atoms with Crippen molar-refractivity contribution in [2.24, 2.45) is 11.8 Å². The SMILES string of the molecule is CCN(CC)C(=O)OC[C@@H]1CN(C(=O)c2cccc3ccccc23)CC1CN1CCC(c2ccc(F)cc2)CC1. The fourth-order valence-corrected chi connectivity index (χ4v) is 6.35. The van der Waals surface area contributed by atoms with Crippen LogP contribution in [0.1, 0.15) is 48.5 Å². The van der Waals surface area contributed by atoms with Gasteiger partial charge in [0.15, 0.2) is 0 Å². The van der Waals surface area contributed by atoms with Crippen molar-refractivity contribution in [1.82, 2.24) is 14.7 Å². The number of benzene rings is 3. The Labute approximate surface area is 236 Å². The van der Waals surface area contributed by atoms with Crippen LogP contribution in [0.15, 0.2) is 66.7 Å². The molecule has 2 atom stereocenters. The fraction of sp³-hybridized carbons (Fsp3) is 0.455. The van der Waals surface area contributed by atoms with Crippen LogP contribution in [0.4, 0.5) is 9.18 Å². The molecule has 2 saturated heterocycles. The molecule has 6 nitrogen and oxygen atoms in total. The molecule has 40 heavy (non-hydrogen) atoms. The minimum Gasteiger partial charge on any atom is -0.449 e. The van der Waals surface area contributed by atoms with Gasteiger partial charge in [0.25, 0.3) is 5.91 Å². The topological polar surface area (TPSA) is 53.1 Å². The van der Waals surface area contributed by atoms with Crippen LogP contribution in [0, 0.1) is 17.7 Å². The maximum atomic E-state index is 13.8. The molecule has 2 amide bonds. The van der Waals surface area contributed by atoms with E-state index >= 15 is 0 Å². The lowest BCUT2D eigenvalue weighted by Gasteiger charge is -2.34. The Balaban J connectivity index is 1.27. The Bertz CT molecular complexity index is 1300. The Morgan fingerprint density at radius 3 is 2.30 bits per heavy atom. The first-order valence-electron chi connectivity index (χ1n) is 14.6. The average molecular weight is 546 g/mol. The standard InChI is InChI=1S/C33H40FN3O3/c1-3-36(4-2)33(39)40-23-28-22-37(32(38)31-11-7-9-26-8-5-6-10-30(26)31)21-27(28)20-35-18-16-25(17-19-35)24-12-14-29(34)15-13-24/h5-15,25,27-28H,3-4,16-23H2,1-2H3/t27?,28-/m0/s1. The van der Waals surface area contributed by atoms with Gasteiger partial charge in [0, 0.05) is 44.2 Å². The number of nitrogens with zero attached hydrogens (tertiary/aromatic N) is 3. The Morgan fingerprint density at radius 2 is 1.57 bits per heavy atom. The van der Waals surface area contributed by atoms with E-state index in [0.29, 0.717) is 38.7 Å². The molecule has 3 aromatic rings. The normalized spacial score (nSPS) is 20.1. The Kier molecular flexibility index (Phi) is 9.00. The molecule has 2 aliphatic rings. The molecule has 2 aliphatic heterocycles. The zero-order valence-electron chi connectivity index (χ0n) is 23.6. The Morgan fingerprint density at radius 1 is 0.900 bits per heavy atom. The van der Waals surface area contributed by atoms with Crippen molar-refractivity contribution in [3.8, 4) is 0 Å². The third-order valence-electron chi connectivity index (χ3n) is 8.75. The molecule has 0 aromatic heterocycles. The highest BCUT2D eigenvalue weighted by Gasteiger charge is 2.38. The van der Waals surface area contributed by atoms with Crippen molar-refractivity contribution >= 4 is 22.8 Å². The third kappa shape index (κ3) is 6.30. The van der Waals surface area contributed by atoms with Crippen molar-refractivity contribution in [1.29, 1.82) is 0 Å². The third-order valence-corrected chi connectivity index (χ3v) is 8.75. The quantitative estimate of drug-likeness (QED) is 0.347. The van der Waals surface area contributed by atoms with E-state index in [9.17, 15) is 14.0 Å². The summed E-state index contributed by atoms with van der Waals surface area (Å²) in [6, 6.07) is 20.8. The van der Waals surface area contributed by atoms with Crippen LogP contribution < -0.4 is 0 Å². The number of rotatable bonds is 8. The molecule has 3 aromatic carbocycles. The summed E-state index contributed by atoms with van der Waals surface area (Å²) >= 11 is 0. The zero-order chi connectivity index (χ0) is 28.1. The van der Waals surface area contributed by atoms with Crippen molar-refractivity contribution < 1.29 is 18.7 Å². The highest BCUT2D eigenvalue weighted by molar-refractivity contribution is 6.07. The molecule has 0 aliphatic carbocycles. The number of amides is 2. The van der Waals surface area contributed by atoms with Crippen LogP contribution in [-0.2, 0) is 4.74 Å². The van der Waals surface area contributed by atoms with Crippen LogP contribution in [0.3, 0.4) is 0 Å². The van der Waals surface area contributed by atoms with Gasteiger partial charge in [0.2, 0.25) is 0 Å². The number of carbonyl (C=O) groups excluding carboxylic acids is 2. The van der Waals surface area contributed by atoms with Gasteiger partial charge in [0.05, 0.1) is 6.61 Å². The van der Waals surface area contributed by atoms with E-state index in [4.69, 9.17) is 4.74 Å². The van der Waals surface area contributed by atoms with Crippen LogP contribution >= 0.6 is 0 Å². The minimum absolute atomic E-state index is 0.0365. The van der Waals surface area contributed by atoms with Crippen LogP contribution in [0.5, 0.6) is 0 Å². The first kappa shape index (κ1) is 28.1. The van der Waals surface area contributed by atoms with E-state index in [2.05, 4.69) is 4.90 Å². The molecular formula is C33H40FN3O3. The first-order chi connectivity index (χ1) is 19.5. The van der Waals surface area contributed by atoms with Crippen molar-refractivity contribution in [2.45, 2.75) is 32.6 Å². The van der Waals surface area contributed by atoms with E-state index in [1.807, 2.05) is 73.3 Å². The Hall–Kier alpha value is -3.45. The molecule has 0 spiro atoms. The lowest BCUT2D eigenvalue weighted by atomic mass is 9.88. The van der Waals surface area contributed by atoms with E-state index in [1.54, 1.807) is 17.0 Å². The molecule has 1 unspecified atom stereocenters. The smallest absolute Gasteiger partial charge is 0.409 e. The number of halogens is 1. The lowest BCUT2D eigenvalue weighted by Crippen LogP contribution is -2.40. The second kappa shape index (κ2) is 12.8. The first-order valence-corrected chi connectivity index (χ1v) is 14.6. The lowest BCUT2D eigenvalue weighted by molar-refractivity contribution is 0.0754. The summed E-state index contributed by atoms with van der Waals surface area (Å²) in [6.45, 7) is 9.43. The number of ether oxygens (including phenoxy) is 1. The molecule has 2 heterocycles. The van der Waals surface area contributed by atoms with E-state index < -0.39 is 0 Å². The maximum Gasteiger partial charge on any atom is 0.409 e. The number of likely N-dealkylation sites (tertiary alicyclic amines) is 2. The molecule has 0 bridgehead atoms. The monoisotopic (exact) mass is 545 g/mol. The minimum atomic E-state index is -0.289. The zero-order valence-corrected chi connectivity index (χ0v) is 23.6. The number of fused-ring (bicyclic) bond motifs is 1. The van der Waals surface area contributed by atoms with E-state index in [-0.39, 0.29) is 29.7 Å². The molecule has 0 N–H and O–H groups in total. The summed E-state index contributed by atoms with van der Waals surface area (Å²) in [4.78, 5) is 32.5. The number of piperidine rings is 1. The highest BCUT2D eigenvalue weighted by Crippen LogP contribution is 2.32. The van der Waals surface area contributed by atoms with E-state index in [1.165, 1.54) is 5.56 Å². The van der Waals surface area contributed by atoms with Gasteiger partial charge in [-0.05, 0) is 86.1 Å². The molecule has 212 valence electrons. The highest BCUT2D eigenvalue weighted by atomic mass is 19.1. The van der Waals surface area contributed by atoms with E-state index in [0.717, 1.165) is 48.8 Å². The van der Waals surface area contributed by atoms with Crippen LogP contribution in [0.25, 0.3) is 10.8 Å². The van der Waals surface area contributed by atoms with Gasteiger partial charge in [-0.1, -0.05) is 48.5 Å². The molecule has 5 rings (SSSR count). The number of hydrogen-bond acceptors (Lipinski definition) is 4. The van der Waals surface area contributed by atoms with Gasteiger partial charge in [-0.3, -0.25) is 4.79 Å². The summed E-state index contributed by atoms with van der Waals surface area (Å²) in [5, 5.41) is 2.02. The van der Waals surface area contributed by atoms with Crippen molar-refractivity contribution in [2.75, 3.05) is 52.4 Å². The summed E-state index contributed by atoms with van der Waals surface area (Å²) in [5.74, 6) is 0.571. The summed E-state index contributed by atoms with van der Waals surface area (Å²) < 4.78 is 19.2. The molecule has 7 heteroatoms. The molecular weight excluding hydrogens is 505 g/mol. The number of carbonyl (C=O) groups is 2. The largest absolute Gasteiger partial charge is 0.449 e. The predicted octanol–water partition coefficient (Wildman–Crippen LogP) is 6.03. The van der Waals surface area contributed by atoms with Gasteiger partial charge < -0.3 is 19.4 Å². The second-order valence-electron chi connectivity index (χ2n) is 11.1. The second-order valence-corrected chi connectivity index (χ2v) is 11.1. The molecule has 0 saturated carbocycles. The number of hydrogen-bond donors (Lipinski definition) is 0.